The van der Waals surface area contributed by atoms with Crippen molar-refractivity contribution in [1.82, 2.24) is 19.9 Å². The van der Waals surface area contributed by atoms with Gasteiger partial charge >= 0.3 is 12.2 Å². The smallest absolute Gasteiger partial charge is 0.416 e. The Morgan fingerprint density at radius 3 is 2.41 bits per heavy atom. The Hall–Kier alpha value is -4.45. The van der Waals surface area contributed by atoms with Gasteiger partial charge in [-0.3, -0.25) is 9.36 Å². The molecule has 12 heteroatoms. The lowest BCUT2D eigenvalue weighted by Gasteiger charge is -2.23. The average molecular weight is 540 g/mol. The number of nitrogens with one attached hydrogen (secondary N) is 2. The van der Waals surface area contributed by atoms with Crippen molar-refractivity contribution in [2.24, 2.45) is 0 Å². The molecule has 39 heavy (non-hydrogen) atoms. The normalized spacial score (nSPS) is 14.2. The minimum Gasteiger partial charge on any atom is -0.438 e. The van der Waals surface area contributed by atoms with Gasteiger partial charge in [-0.25, -0.2) is 14.8 Å². The van der Waals surface area contributed by atoms with E-state index in [4.69, 9.17) is 9.47 Å². The summed E-state index contributed by atoms with van der Waals surface area (Å²) in [6.07, 6.45) is -0.0820. The second kappa shape index (κ2) is 11.1. The second-order valence-corrected chi connectivity index (χ2v) is 8.98. The third kappa shape index (κ3) is 6.34. The molecule has 0 bridgehead atoms. The first-order valence-electron chi connectivity index (χ1n) is 12.2. The molecule has 1 fully saturated rings. The number of amides is 2. The van der Waals surface area contributed by atoms with Crippen molar-refractivity contribution in [3.05, 3.63) is 78.2 Å². The number of hydrogen-bond acceptors (Lipinski definition) is 6. The monoisotopic (exact) mass is 539 g/mol. The van der Waals surface area contributed by atoms with Crippen molar-refractivity contribution in [1.29, 1.82) is 0 Å². The van der Waals surface area contributed by atoms with Gasteiger partial charge in [-0.1, -0.05) is 12.1 Å². The number of hydrogen-bond donors (Lipinski definition) is 2. The van der Waals surface area contributed by atoms with E-state index in [9.17, 15) is 22.8 Å². The predicted octanol–water partition coefficient (Wildman–Crippen LogP) is 5.16. The highest BCUT2D eigenvalue weighted by Crippen LogP contribution is 2.30. The van der Waals surface area contributed by atoms with Crippen molar-refractivity contribution < 1.29 is 32.2 Å². The maximum atomic E-state index is 12.8. The van der Waals surface area contributed by atoms with Gasteiger partial charge in [-0.15, -0.1) is 0 Å². The molecule has 5 rings (SSSR count). The standard InChI is InChI=1S/C27H24F3N5O4/c28-27(29,30)18-3-1-17(2-4-18)15-23(36)33-19-5-7-21(8-6-19)39-25-22-9-12-35(24(22)31-16-32-25)26(37)34-20-10-13-38-14-11-20/h1-9,12,16,20H,10-11,13-15H2,(H,33,36)(H,34,37). The first-order chi connectivity index (χ1) is 18.8. The Labute approximate surface area is 221 Å². The summed E-state index contributed by atoms with van der Waals surface area (Å²) in [5.74, 6) is 0.327. The summed E-state index contributed by atoms with van der Waals surface area (Å²) < 4.78 is 50.8. The summed E-state index contributed by atoms with van der Waals surface area (Å²) >= 11 is 0. The third-order valence-electron chi connectivity index (χ3n) is 6.21. The SMILES string of the molecule is O=C(Cc1ccc(C(F)(F)F)cc1)Nc1ccc(Oc2ncnc3c2ccn3C(=O)NC2CCOCC2)cc1. The zero-order chi connectivity index (χ0) is 27.4. The van der Waals surface area contributed by atoms with Crippen LogP contribution in [0.3, 0.4) is 0 Å². The lowest BCUT2D eigenvalue weighted by Crippen LogP contribution is -2.40. The summed E-state index contributed by atoms with van der Waals surface area (Å²) in [7, 11) is 0. The minimum absolute atomic E-state index is 0.0372. The number of halogens is 3. The summed E-state index contributed by atoms with van der Waals surface area (Å²) in [5, 5.41) is 6.25. The molecule has 0 saturated carbocycles. The van der Waals surface area contributed by atoms with Crippen molar-refractivity contribution >= 4 is 28.7 Å². The van der Waals surface area contributed by atoms with Gasteiger partial charge in [0.15, 0.2) is 5.65 Å². The number of benzene rings is 2. The summed E-state index contributed by atoms with van der Waals surface area (Å²) in [4.78, 5) is 33.6. The van der Waals surface area contributed by atoms with Crippen LogP contribution in [-0.2, 0) is 22.1 Å². The van der Waals surface area contributed by atoms with Gasteiger partial charge in [0, 0.05) is 31.1 Å². The fourth-order valence-corrected chi connectivity index (χ4v) is 4.18. The fraction of sp³-hybridized carbons (Fsp3) is 0.259. The van der Waals surface area contributed by atoms with Crippen molar-refractivity contribution in [2.45, 2.75) is 31.5 Å². The second-order valence-electron chi connectivity index (χ2n) is 8.98. The number of nitrogens with zero attached hydrogens (tertiary/aromatic N) is 3. The molecule has 1 aliphatic heterocycles. The molecular weight excluding hydrogens is 515 g/mol. The number of anilines is 1. The predicted molar refractivity (Wildman–Crippen MR) is 136 cm³/mol. The van der Waals surface area contributed by atoms with Crippen LogP contribution in [0, 0.1) is 0 Å². The maximum absolute atomic E-state index is 12.8. The van der Waals surface area contributed by atoms with Crippen LogP contribution in [0.15, 0.2) is 67.1 Å². The van der Waals surface area contributed by atoms with E-state index in [2.05, 4.69) is 20.6 Å². The van der Waals surface area contributed by atoms with E-state index < -0.39 is 11.7 Å². The van der Waals surface area contributed by atoms with Crippen LogP contribution in [0.25, 0.3) is 11.0 Å². The van der Waals surface area contributed by atoms with E-state index in [1.807, 2.05) is 0 Å². The highest BCUT2D eigenvalue weighted by molar-refractivity contribution is 5.93. The van der Waals surface area contributed by atoms with Gasteiger partial charge < -0.3 is 20.1 Å². The first kappa shape index (κ1) is 26.2. The first-order valence-corrected chi connectivity index (χ1v) is 12.2. The molecule has 0 spiro atoms. The zero-order valence-electron chi connectivity index (χ0n) is 20.6. The van der Waals surface area contributed by atoms with Gasteiger partial charge in [-0.2, -0.15) is 13.2 Å². The molecule has 202 valence electrons. The summed E-state index contributed by atoms with van der Waals surface area (Å²) in [5.41, 5.74) is 0.583. The van der Waals surface area contributed by atoms with E-state index in [0.717, 1.165) is 25.0 Å². The molecule has 2 amide bonds. The van der Waals surface area contributed by atoms with Crippen molar-refractivity contribution in [3.63, 3.8) is 0 Å². The highest BCUT2D eigenvalue weighted by Gasteiger charge is 2.30. The Morgan fingerprint density at radius 2 is 1.72 bits per heavy atom. The van der Waals surface area contributed by atoms with Crippen molar-refractivity contribution in [3.8, 4) is 11.6 Å². The van der Waals surface area contributed by atoms with E-state index >= 15 is 0 Å². The molecule has 9 nitrogen and oxygen atoms in total. The molecule has 0 atom stereocenters. The summed E-state index contributed by atoms with van der Waals surface area (Å²) in [6, 6.07) is 12.4. The molecule has 1 saturated heterocycles. The van der Waals surface area contributed by atoms with Gasteiger partial charge in [0.05, 0.1) is 17.4 Å². The number of ether oxygens (including phenoxy) is 2. The number of fused-ring (bicyclic) bond motifs is 1. The molecule has 2 aromatic heterocycles. The minimum atomic E-state index is -4.43. The van der Waals surface area contributed by atoms with E-state index in [1.54, 1.807) is 36.5 Å². The molecule has 2 N–H and O–H groups in total. The van der Waals surface area contributed by atoms with Gasteiger partial charge in [-0.05, 0) is 60.9 Å². The Bertz CT molecular complexity index is 1460. The number of carbonyl (C=O) groups excluding carboxylic acids is 2. The lowest BCUT2D eigenvalue weighted by atomic mass is 10.1. The van der Waals surface area contributed by atoms with E-state index in [1.165, 1.54) is 23.0 Å². The highest BCUT2D eigenvalue weighted by atomic mass is 19.4. The van der Waals surface area contributed by atoms with Gasteiger partial charge in [0.25, 0.3) is 0 Å². The Balaban J connectivity index is 1.21. The van der Waals surface area contributed by atoms with Crippen LogP contribution in [0.2, 0.25) is 0 Å². The zero-order valence-corrected chi connectivity index (χ0v) is 20.6. The molecule has 2 aromatic carbocycles. The number of rotatable bonds is 6. The maximum Gasteiger partial charge on any atom is 0.416 e. The number of aromatic nitrogens is 3. The van der Waals surface area contributed by atoms with Gasteiger partial charge in [0.2, 0.25) is 11.8 Å². The van der Waals surface area contributed by atoms with Crippen LogP contribution in [0.5, 0.6) is 11.6 Å². The number of carbonyl (C=O) groups is 2. The average Bonchev–Trinajstić information content (AvgIpc) is 3.36. The molecule has 4 aromatic rings. The molecule has 3 heterocycles. The quantitative estimate of drug-likeness (QED) is 0.351. The Kier molecular flexibility index (Phi) is 7.46. The fourth-order valence-electron chi connectivity index (χ4n) is 4.18. The largest absolute Gasteiger partial charge is 0.438 e. The third-order valence-corrected chi connectivity index (χ3v) is 6.21. The van der Waals surface area contributed by atoms with Crippen LogP contribution < -0.4 is 15.4 Å². The van der Waals surface area contributed by atoms with Gasteiger partial charge in [0.1, 0.15) is 12.1 Å². The molecule has 0 unspecified atom stereocenters. The summed E-state index contributed by atoms with van der Waals surface area (Å²) in [6.45, 7) is 1.22. The number of alkyl halides is 3. The molecule has 0 aliphatic carbocycles. The topological polar surface area (TPSA) is 107 Å². The molecular formula is C27H24F3N5O4. The van der Waals surface area contributed by atoms with E-state index in [-0.39, 0.29) is 30.3 Å². The van der Waals surface area contributed by atoms with E-state index in [0.29, 0.717) is 41.2 Å². The van der Waals surface area contributed by atoms with Crippen LogP contribution >= 0.6 is 0 Å². The van der Waals surface area contributed by atoms with Crippen molar-refractivity contribution in [2.75, 3.05) is 18.5 Å². The lowest BCUT2D eigenvalue weighted by molar-refractivity contribution is -0.137. The molecule has 0 radical (unpaired) electrons. The molecule has 1 aliphatic rings. The van der Waals surface area contributed by atoms with Crippen LogP contribution in [0.4, 0.5) is 23.7 Å². The Morgan fingerprint density at radius 1 is 1.00 bits per heavy atom. The van der Waals surface area contributed by atoms with Crippen LogP contribution in [-0.4, -0.2) is 45.7 Å². The van der Waals surface area contributed by atoms with Crippen LogP contribution in [0.1, 0.15) is 24.0 Å².